The number of hydrogen-bond donors (Lipinski definition) is 0. The van der Waals surface area contributed by atoms with Crippen LogP contribution in [0.3, 0.4) is 0 Å². The molecule has 130 valence electrons. The van der Waals surface area contributed by atoms with Gasteiger partial charge in [-0.25, -0.2) is 0 Å². The van der Waals surface area contributed by atoms with Crippen molar-refractivity contribution in [3.63, 3.8) is 0 Å². The molecule has 0 radical (unpaired) electrons. The van der Waals surface area contributed by atoms with Crippen LogP contribution in [0.1, 0.15) is 45.4 Å². The Bertz CT molecular complexity index is 311. The number of hydrogen-bond acceptors (Lipinski definition) is 5. The summed E-state index contributed by atoms with van der Waals surface area (Å²) in [5.74, 6) is 0.289. The summed E-state index contributed by atoms with van der Waals surface area (Å²) in [7, 11) is 5.29. The van der Waals surface area contributed by atoms with Gasteiger partial charge in [-0.05, 0) is 39.7 Å². The van der Waals surface area contributed by atoms with Gasteiger partial charge in [0.25, 0.3) is 0 Å². The highest BCUT2D eigenvalue weighted by Crippen LogP contribution is 2.06. The Morgan fingerprint density at radius 1 is 0.864 bits per heavy atom. The quantitative estimate of drug-likeness (QED) is 0.362. The number of unbranched alkanes of at least 4 members (excludes halogenated alkanes) is 2. The van der Waals surface area contributed by atoms with E-state index in [1.54, 1.807) is 26.0 Å². The molecule has 0 N–H and O–H groups in total. The van der Waals surface area contributed by atoms with E-state index in [1.807, 2.05) is 7.05 Å². The van der Waals surface area contributed by atoms with Crippen LogP contribution in [-0.2, 0) is 19.1 Å². The number of ketones is 1. The highest BCUT2D eigenvalue weighted by Gasteiger charge is 2.12. The van der Waals surface area contributed by atoms with E-state index in [2.05, 4.69) is 4.90 Å². The van der Waals surface area contributed by atoms with Crippen molar-refractivity contribution in [1.29, 1.82) is 0 Å². The number of amides is 1. The van der Waals surface area contributed by atoms with Crippen LogP contribution in [0.2, 0.25) is 0 Å². The molecular weight excluding hydrogens is 284 g/mol. The third kappa shape index (κ3) is 11.7. The summed E-state index contributed by atoms with van der Waals surface area (Å²) >= 11 is 0. The van der Waals surface area contributed by atoms with Gasteiger partial charge in [0.15, 0.2) is 0 Å². The minimum Gasteiger partial charge on any atom is -0.369 e. The van der Waals surface area contributed by atoms with Gasteiger partial charge in [0, 0.05) is 40.2 Å². The van der Waals surface area contributed by atoms with E-state index >= 15 is 0 Å². The second-order valence-corrected chi connectivity index (χ2v) is 5.69. The number of nitrogens with zero attached hydrogens (tertiary/aromatic N) is 2. The molecule has 0 aliphatic heterocycles. The van der Waals surface area contributed by atoms with Crippen LogP contribution >= 0.6 is 0 Å². The van der Waals surface area contributed by atoms with E-state index in [0.717, 1.165) is 32.2 Å². The van der Waals surface area contributed by atoms with Gasteiger partial charge in [-0.3, -0.25) is 9.69 Å². The molecule has 0 aliphatic carbocycles. The van der Waals surface area contributed by atoms with Gasteiger partial charge < -0.3 is 19.2 Å². The van der Waals surface area contributed by atoms with Crippen LogP contribution in [0.4, 0.5) is 0 Å². The largest absolute Gasteiger partial charge is 0.369 e. The Kier molecular flexibility index (Phi) is 13.1. The molecule has 0 aliphatic rings. The van der Waals surface area contributed by atoms with E-state index in [4.69, 9.17) is 9.47 Å². The van der Waals surface area contributed by atoms with Crippen molar-refractivity contribution in [2.24, 2.45) is 0 Å². The first-order chi connectivity index (χ1) is 10.5. The average molecular weight is 316 g/mol. The van der Waals surface area contributed by atoms with Crippen molar-refractivity contribution in [2.45, 2.75) is 45.4 Å². The molecule has 1 amide bonds. The van der Waals surface area contributed by atoms with Crippen LogP contribution in [0.15, 0.2) is 0 Å². The Balaban J connectivity index is 3.92. The van der Waals surface area contributed by atoms with Crippen LogP contribution in [0.5, 0.6) is 0 Å². The highest BCUT2D eigenvalue weighted by atomic mass is 16.5. The number of Topliss-reactive ketones (excluding diaryl/α,β-unsaturated/α-hetero) is 1. The first-order valence-corrected chi connectivity index (χ1v) is 7.94. The smallest absolute Gasteiger partial charge is 0.224 e. The second-order valence-electron chi connectivity index (χ2n) is 5.69. The molecule has 0 fully saturated rings. The van der Waals surface area contributed by atoms with Crippen molar-refractivity contribution >= 4 is 11.7 Å². The minimum atomic E-state index is 0.107. The van der Waals surface area contributed by atoms with Crippen molar-refractivity contribution in [3.05, 3.63) is 0 Å². The Morgan fingerprint density at radius 3 is 2.05 bits per heavy atom. The van der Waals surface area contributed by atoms with Gasteiger partial charge >= 0.3 is 0 Å². The van der Waals surface area contributed by atoms with Crippen LogP contribution in [0, 0.1) is 0 Å². The van der Waals surface area contributed by atoms with E-state index in [1.165, 1.54) is 0 Å². The van der Waals surface area contributed by atoms with E-state index in [9.17, 15) is 9.59 Å². The lowest BCUT2D eigenvalue weighted by molar-refractivity contribution is -0.136. The van der Waals surface area contributed by atoms with Crippen molar-refractivity contribution in [3.8, 4) is 0 Å². The first-order valence-electron chi connectivity index (χ1n) is 7.94. The molecule has 6 heteroatoms. The summed E-state index contributed by atoms with van der Waals surface area (Å²) in [5.41, 5.74) is 0. The maximum Gasteiger partial charge on any atom is 0.224 e. The van der Waals surface area contributed by atoms with Gasteiger partial charge in [0.05, 0.1) is 6.73 Å². The van der Waals surface area contributed by atoms with E-state index in [0.29, 0.717) is 32.8 Å². The third-order valence-electron chi connectivity index (χ3n) is 3.37. The van der Waals surface area contributed by atoms with Crippen LogP contribution < -0.4 is 0 Å². The van der Waals surface area contributed by atoms with Gasteiger partial charge in [0.2, 0.25) is 5.91 Å². The molecule has 0 saturated carbocycles. The summed E-state index contributed by atoms with van der Waals surface area (Å²) in [6, 6.07) is 0. The van der Waals surface area contributed by atoms with Crippen molar-refractivity contribution < 1.29 is 19.1 Å². The molecule has 0 rings (SSSR count). The Morgan fingerprint density at radius 2 is 1.45 bits per heavy atom. The highest BCUT2D eigenvalue weighted by molar-refractivity contribution is 5.76. The molecule has 0 aromatic carbocycles. The summed E-state index contributed by atoms with van der Waals surface area (Å²) in [6.45, 7) is 4.19. The SMILES string of the molecule is COCN(C)CCCCN(COC)C(=O)CCCCC(C)=O. The Hall–Kier alpha value is -0.980. The van der Waals surface area contributed by atoms with Gasteiger partial charge in [-0.15, -0.1) is 0 Å². The summed E-state index contributed by atoms with van der Waals surface area (Å²) < 4.78 is 10.2. The number of methoxy groups -OCH3 is 2. The van der Waals surface area contributed by atoms with E-state index < -0.39 is 0 Å². The van der Waals surface area contributed by atoms with E-state index in [-0.39, 0.29) is 11.7 Å². The van der Waals surface area contributed by atoms with Crippen LogP contribution in [0.25, 0.3) is 0 Å². The topological polar surface area (TPSA) is 59.1 Å². The molecule has 22 heavy (non-hydrogen) atoms. The molecule has 0 bridgehead atoms. The molecular formula is C16H32N2O4. The number of rotatable bonds is 14. The molecule has 0 heterocycles. The average Bonchev–Trinajstić information content (AvgIpc) is 2.46. The summed E-state index contributed by atoms with van der Waals surface area (Å²) in [6.07, 6.45) is 4.54. The fraction of sp³-hybridized carbons (Fsp3) is 0.875. The second kappa shape index (κ2) is 13.7. The normalized spacial score (nSPS) is 11.0. The van der Waals surface area contributed by atoms with Gasteiger partial charge in [-0.1, -0.05) is 0 Å². The molecule has 0 atom stereocenters. The first kappa shape index (κ1) is 21.0. The standard InChI is InChI=1S/C16H32N2O4/c1-15(19)9-5-6-10-16(20)18(14-22-4)12-8-7-11-17(2)13-21-3/h5-14H2,1-4H3. The third-order valence-corrected chi connectivity index (χ3v) is 3.37. The molecule has 0 aromatic heterocycles. The lowest BCUT2D eigenvalue weighted by Crippen LogP contribution is -2.34. The number of carbonyl (C=O) groups excluding carboxylic acids is 2. The fourth-order valence-corrected chi connectivity index (χ4v) is 2.19. The monoisotopic (exact) mass is 316 g/mol. The Labute approximate surface area is 134 Å². The molecule has 0 spiro atoms. The van der Waals surface area contributed by atoms with Crippen molar-refractivity contribution in [1.82, 2.24) is 9.80 Å². The summed E-state index contributed by atoms with van der Waals surface area (Å²) in [5, 5.41) is 0. The molecule has 0 unspecified atom stereocenters. The zero-order valence-corrected chi connectivity index (χ0v) is 14.6. The predicted octanol–water partition coefficient (Wildman–Crippen LogP) is 1.88. The maximum atomic E-state index is 12.1. The number of ether oxygens (including phenoxy) is 2. The van der Waals surface area contributed by atoms with Crippen LogP contribution in [-0.4, -0.2) is 69.3 Å². The maximum absolute atomic E-state index is 12.1. The van der Waals surface area contributed by atoms with Gasteiger partial charge in [0.1, 0.15) is 12.5 Å². The molecule has 0 aromatic rings. The zero-order chi connectivity index (χ0) is 16.8. The molecule has 6 nitrogen and oxygen atoms in total. The number of carbonyl (C=O) groups is 2. The van der Waals surface area contributed by atoms with Gasteiger partial charge in [-0.2, -0.15) is 0 Å². The molecule has 0 saturated heterocycles. The summed E-state index contributed by atoms with van der Waals surface area (Å²) in [4.78, 5) is 26.9. The van der Waals surface area contributed by atoms with Crippen molar-refractivity contribution in [2.75, 3.05) is 47.8 Å². The lowest BCUT2D eigenvalue weighted by atomic mass is 10.1. The predicted molar refractivity (Wildman–Crippen MR) is 86.5 cm³/mol. The minimum absolute atomic E-state index is 0.107. The zero-order valence-electron chi connectivity index (χ0n) is 14.6. The lowest BCUT2D eigenvalue weighted by Gasteiger charge is -2.22. The fourth-order valence-electron chi connectivity index (χ4n) is 2.19.